The molecule has 1 amide bonds. The minimum atomic E-state index is -0.336. The Kier molecular flexibility index (Phi) is 7.04. The molecule has 0 aliphatic carbocycles. The third-order valence-electron chi connectivity index (χ3n) is 3.18. The first-order valence-electron chi connectivity index (χ1n) is 6.76. The normalized spacial score (nSPS) is 12.4. The minimum Gasteiger partial charge on any atom is -0.492 e. The van der Waals surface area contributed by atoms with Crippen molar-refractivity contribution in [3.63, 3.8) is 0 Å². The summed E-state index contributed by atoms with van der Waals surface area (Å²) in [6.45, 7) is 6.16. The fourth-order valence-electron chi connectivity index (χ4n) is 1.87. The molecular weight excluding hydrogens is 256 g/mol. The minimum absolute atomic E-state index is 0.328. The lowest BCUT2D eigenvalue weighted by Crippen LogP contribution is -2.45. The number of hydrogen-bond acceptors (Lipinski definition) is 4. The SMILES string of the molecule is COCCN(CCOc1cccc(C)c1)C(C)C(N)=O. The molecule has 0 saturated heterocycles. The van der Waals surface area contributed by atoms with Crippen LogP contribution < -0.4 is 10.5 Å². The lowest BCUT2D eigenvalue weighted by molar-refractivity contribution is -0.123. The Morgan fingerprint density at radius 2 is 2.05 bits per heavy atom. The summed E-state index contributed by atoms with van der Waals surface area (Å²) in [5, 5.41) is 0. The van der Waals surface area contributed by atoms with Crippen LogP contribution in [0.5, 0.6) is 5.75 Å². The van der Waals surface area contributed by atoms with Gasteiger partial charge in [-0.2, -0.15) is 0 Å². The second-order valence-corrected chi connectivity index (χ2v) is 4.77. The molecule has 1 atom stereocenters. The van der Waals surface area contributed by atoms with Gasteiger partial charge in [-0.05, 0) is 31.5 Å². The summed E-state index contributed by atoms with van der Waals surface area (Å²) in [6.07, 6.45) is 0. The van der Waals surface area contributed by atoms with E-state index in [4.69, 9.17) is 15.2 Å². The Bertz CT molecular complexity index is 423. The average molecular weight is 280 g/mol. The van der Waals surface area contributed by atoms with Crippen molar-refractivity contribution in [2.75, 3.05) is 33.4 Å². The van der Waals surface area contributed by atoms with Crippen molar-refractivity contribution in [3.8, 4) is 5.75 Å². The fourth-order valence-corrected chi connectivity index (χ4v) is 1.87. The molecule has 1 aromatic rings. The molecule has 0 aliphatic heterocycles. The lowest BCUT2D eigenvalue weighted by Gasteiger charge is -2.26. The number of methoxy groups -OCH3 is 1. The number of nitrogens with zero attached hydrogens (tertiary/aromatic N) is 1. The molecule has 0 fully saturated rings. The Labute approximate surface area is 120 Å². The number of aryl methyl sites for hydroxylation is 1. The van der Waals surface area contributed by atoms with Gasteiger partial charge in [-0.25, -0.2) is 0 Å². The molecule has 0 heterocycles. The van der Waals surface area contributed by atoms with Crippen LogP contribution in [0, 0.1) is 6.92 Å². The molecule has 1 unspecified atom stereocenters. The van der Waals surface area contributed by atoms with Gasteiger partial charge in [-0.3, -0.25) is 9.69 Å². The Morgan fingerprint density at radius 1 is 1.35 bits per heavy atom. The predicted octanol–water partition coefficient (Wildman–Crippen LogP) is 1.20. The molecule has 5 nitrogen and oxygen atoms in total. The number of ether oxygens (including phenoxy) is 2. The maximum atomic E-state index is 11.3. The van der Waals surface area contributed by atoms with Crippen molar-refractivity contribution in [1.29, 1.82) is 0 Å². The molecule has 1 rings (SSSR count). The summed E-state index contributed by atoms with van der Waals surface area (Å²) >= 11 is 0. The molecule has 5 heteroatoms. The Balaban J connectivity index is 2.47. The number of hydrogen-bond donors (Lipinski definition) is 1. The summed E-state index contributed by atoms with van der Waals surface area (Å²) < 4.78 is 10.7. The number of primary amides is 1. The number of amides is 1. The fraction of sp³-hybridized carbons (Fsp3) is 0.533. The highest BCUT2D eigenvalue weighted by molar-refractivity contribution is 5.79. The Morgan fingerprint density at radius 3 is 2.65 bits per heavy atom. The highest BCUT2D eigenvalue weighted by atomic mass is 16.5. The number of nitrogens with two attached hydrogens (primary N) is 1. The van der Waals surface area contributed by atoms with E-state index in [2.05, 4.69) is 0 Å². The van der Waals surface area contributed by atoms with E-state index in [0.29, 0.717) is 26.3 Å². The molecular formula is C15H24N2O3. The third kappa shape index (κ3) is 5.59. The van der Waals surface area contributed by atoms with Crippen LogP contribution in [0.1, 0.15) is 12.5 Å². The molecule has 0 aliphatic rings. The van der Waals surface area contributed by atoms with E-state index in [1.807, 2.05) is 36.1 Å². The van der Waals surface area contributed by atoms with E-state index in [-0.39, 0.29) is 11.9 Å². The van der Waals surface area contributed by atoms with E-state index in [1.165, 1.54) is 0 Å². The van der Waals surface area contributed by atoms with Crippen molar-refractivity contribution in [2.45, 2.75) is 19.9 Å². The third-order valence-corrected chi connectivity index (χ3v) is 3.18. The van der Waals surface area contributed by atoms with Crippen molar-refractivity contribution >= 4 is 5.91 Å². The maximum Gasteiger partial charge on any atom is 0.234 e. The van der Waals surface area contributed by atoms with Gasteiger partial charge in [0.05, 0.1) is 12.6 Å². The summed E-state index contributed by atoms with van der Waals surface area (Å²) in [5.41, 5.74) is 6.51. The first-order valence-corrected chi connectivity index (χ1v) is 6.76. The van der Waals surface area contributed by atoms with Crippen molar-refractivity contribution < 1.29 is 14.3 Å². The highest BCUT2D eigenvalue weighted by Crippen LogP contribution is 2.12. The molecule has 2 N–H and O–H groups in total. The molecule has 0 radical (unpaired) electrons. The molecule has 112 valence electrons. The summed E-state index contributed by atoms with van der Waals surface area (Å²) in [4.78, 5) is 13.2. The van der Waals surface area contributed by atoms with Crippen LogP contribution in [0.15, 0.2) is 24.3 Å². The number of carbonyl (C=O) groups is 1. The summed E-state index contributed by atoms with van der Waals surface area (Å²) in [7, 11) is 1.64. The van der Waals surface area contributed by atoms with Gasteiger partial charge in [-0.1, -0.05) is 12.1 Å². The molecule has 0 spiro atoms. The van der Waals surface area contributed by atoms with Gasteiger partial charge >= 0.3 is 0 Å². The van der Waals surface area contributed by atoms with Crippen molar-refractivity contribution in [1.82, 2.24) is 4.90 Å². The zero-order valence-electron chi connectivity index (χ0n) is 12.5. The average Bonchev–Trinajstić information content (AvgIpc) is 2.41. The molecule has 0 aromatic heterocycles. The molecule has 0 bridgehead atoms. The quantitative estimate of drug-likeness (QED) is 0.738. The smallest absolute Gasteiger partial charge is 0.234 e. The number of carbonyl (C=O) groups excluding carboxylic acids is 1. The molecule has 0 saturated carbocycles. The van der Waals surface area contributed by atoms with Crippen LogP contribution in [0.25, 0.3) is 0 Å². The highest BCUT2D eigenvalue weighted by Gasteiger charge is 2.18. The van der Waals surface area contributed by atoms with Crippen LogP contribution in [-0.4, -0.2) is 50.3 Å². The first kappa shape index (κ1) is 16.5. The van der Waals surface area contributed by atoms with Gasteiger partial charge in [0.2, 0.25) is 5.91 Å². The van der Waals surface area contributed by atoms with Gasteiger partial charge < -0.3 is 15.2 Å². The molecule has 20 heavy (non-hydrogen) atoms. The summed E-state index contributed by atoms with van der Waals surface area (Å²) in [5.74, 6) is 0.500. The van der Waals surface area contributed by atoms with Gasteiger partial charge in [0, 0.05) is 20.2 Å². The standard InChI is InChI=1S/C15H24N2O3/c1-12-5-4-6-14(11-12)20-10-8-17(7-9-19-3)13(2)15(16)18/h4-6,11,13H,7-10H2,1-3H3,(H2,16,18). The van der Waals surface area contributed by atoms with Crippen molar-refractivity contribution in [3.05, 3.63) is 29.8 Å². The van der Waals surface area contributed by atoms with Crippen LogP contribution in [0.4, 0.5) is 0 Å². The van der Waals surface area contributed by atoms with E-state index >= 15 is 0 Å². The van der Waals surface area contributed by atoms with Gasteiger partial charge in [0.1, 0.15) is 12.4 Å². The second kappa shape index (κ2) is 8.55. The monoisotopic (exact) mass is 280 g/mol. The first-order chi connectivity index (χ1) is 9.54. The summed E-state index contributed by atoms with van der Waals surface area (Å²) in [6, 6.07) is 7.55. The van der Waals surface area contributed by atoms with E-state index in [9.17, 15) is 4.79 Å². The zero-order chi connectivity index (χ0) is 15.0. The van der Waals surface area contributed by atoms with Gasteiger partial charge in [0.25, 0.3) is 0 Å². The van der Waals surface area contributed by atoms with E-state index < -0.39 is 0 Å². The number of benzene rings is 1. The topological polar surface area (TPSA) is 64.8 Å². The predicted molar refractivity (Wildman–Crippen MR) is 78.8 cm³/mol. The second-order valence-electron chi connectivity index (χ2n) is 4.77. The largest absolute Gasteiger partial charge is 0.492 e. The zero-order valence-corrected chi connectivity index (χ0v) is 12.5. The Hall–Kier alpha value is -1.59. The van der Waals surface area contributed by atoms with Crippen LogP contribution in [0.3, 0.4) is 0 Å². The lowest BCUT2D eigenvalue weighted by atomic mass is 10.2. The number of rotatable bonds is 9. The van der Waals surface area contributed by atoms with Crippen LogP contribution >= 0.6 is 0 Å². The van der Waals surface area contributed by atoms with Crippen LogP contribution in [-0.2, 0) is 9.53 Å². The maximum absolute atomic E-state index is 11.3. The molecule has 1 aromatic carbocycles. The van der Waals surface area contributed by atoms with Gasteiger partial charge in [0.15, 0.2) is 0 Å². The van der Waals surface area contributed by atoms with E-state index in [0.717, 1.165) is 11.3 Å². The van der Waals surface area contributed by atoms with Crippen molar-refractivity contribution in [2.24, 2.45) is 5.73 Å². The van der Waals surface area contributed by atoms with E-state index in [1.54, 1.807) is 14.0 Å². The van der Waals surface area contributed by atoms with Crippen LogP contribution in [0.2, 0.25) is 0 Å². The van der Waals surface area contributed by atoms with Gasteiger partial charge in [-0.15, -0.1) is 0 Å².